The van der Waals surface area contributed by atoms with Crippen molar-refractivity contribution in [1.82, 2.24) is 30.3 Å². The molecule has 4 unspecified atom stereocenters. The molecule has 11 heteroatoms. The second-order valence-corrected chi connectivity index (χ2v) is 12.0. The maximum absolute atomic E-state index is 14.8. The van der Waals surface area contributed by atoms with Crippen LogP contribution in [0, 0.1) is 18.6 Å². The van der Waals surface area contributed by atoms with Gasteiger partial charge in [-0.05, 0) is 68.0 Å². The number of amides is 1. The summed E-state index contributed by atoms with van der Waals surface area (Å²) in [5.41, 5.74) is 4.26. The molecule has 2 fully saturated rings. The lowest BCUT2D eigenvalue weighted by atomic mass is 9.89. The number of nitrogens with zero attached hydrogens (tertiary/aromatic N) is 3. The first-order valence-electron chi connectivity index (χ1n) is 15.6. The highest BCUT2D eigenvalue weighted by Gasteiger charge is 2.31. The van der Waals surface area contributed by atoms with E-state index in [1.807, 2.05) is 25.1 Å². The largest absolute Gasteiger partial charge is 0.392 e. The molecule has 0 spiro atoms. The SMILES string of the molecule is C=C(NC1CCCCC1NC(=O)c1ccc(Nc2nccn3c(-c4ccc(C)c(F)c4F)cnc23)cc1CC)C1CC(O)CN1. The molecule has 4 atom stereocenters. The molecule has 3 heterocycles. The molecule has 236 valence electrons. The normalized spacial score (nSPS) is 21.5. The lowest BCUT2D eigenvalue weighted by molar-refractivity contribution is 0.0915. The zero-order chi connectivity index (χ0) is 31.7. The third kappa shape index (κ3) is 6.27. The molecule has 1 aliphatic carbocycles. The molecule has 1 amide bonds. The van der Waals surface area contributed by atoms with Crippen molar-refractivity contribution < 1.29 is 18.7 Å². The lowest BCUT2D eigenvalue weighted by Gasteiger charge is -2.35. The van der Waals surface area contributed by atoms with Crippen LogP contribution in [0.5, 0.6) is 0 Å². The van der Waals surface area contributed by atoms with Gasteiger partial charge in [-0.15, -0.1) is 0 Å². The monoisotopic (exact) mass is 615 g/mol. The van der Waals surface area contributed by atoms with Crippen LogP contribution in [0.25, 0.3) is 16.9 Å². The van der Waals surface area contributed by atoms with E-state index in [1.54, 1.807) is 28.9 Å². The molecule has 2 aromatic heterocycles. The molecule has 4 aromatic rings. The number of rotatable bonds is 9. The number of aliphatic hydroxyl groups excluding tert-OH is 1. The molecule has 1 saturated heterocycles. The first-order valence-corrected chi connectivity index (χ1v) is 15.6. The Morgan fingerprint density at radius 2 is 1.89 bits per heavy atom. The summed E-state index contributed by atoms with van der Waals surface area (Å²) in [4.78, 5) is 22.5. The summed E-state index contributed by atoms with van der Waals surface area (Å²) in [6.45, 7) is 8.29. The van der Waals surface area contributed by atoms with Gasteiger partial charge in [-0.2, -0.15) is 0 Å². The Hall–Kier alpha value is -4.35. The van der Waals surface area contributed by atoms with Crippen LogP contribution in [0.15, 0.2) is 61.2 Å². The van der Waals surface area contributed by atoms with Crippen LogP contribution in [0.3, 0.4) is 0 Å². The standard InChI is InChI=1S/C34H39F2N7O2/c1-4-21-15-22(41-32-33-39-18-29(43(33)14-13-37-32)25-11-9-19(2)30(35)31(25)36)10-12-24(21)34(45)42-27-8-6-5-7-26(27)40-20(3)28-16-23(44)17-38-28/h9-15,18,23,26-28,38,40,44H,3-8,16-17H2,1-2H3,(H,37,41)(H,42,45). The van der Waals surface area contributed by atoms with Gasteiger partial charge in [-0.1, -0.05) is 32.4 Å². The molecule has 0 radical (unpaired) electrons. The van der Waals surface area contributed by atoms with Gasteiger partial charge in [0.05, 0.1) is 18.0 Å². The fourth-order valence-corrected chi connectivity index (χ4v) is 6.42. The van der Waals surface area contributed by atoms with E-state index in [4.69, 9.17) is 0 Å². The van der Waals surface area contributed by atoms with Crippen molar-refractivity contribution in [3.8, 4) is 11.3 Å². The molecule has 1 saturated carbocycles. The fourth-order valence-electron chi connectivity index (χ4n) is 6.42. The van der Waals surface area contributed by atoms with Gasteiger partial charge in [0, 0.05) is 59.6 Å². The zero-order valence-electron chi connectivity index (χ0n) is 25.5. The molecule has 45 heavy (non-hydrogen) atoms. The van der Waals surface area contributed by atoms with Crippen LogP contribution in [-0.4, -0.2) is 56.2 Å². The summed E-state index contributed by atoms with van der Waals surface area (Å²) >= 11 is 0. The number of benzene rings is 2. The summed E-state index contributed by atoms with van der Waals surface area (Å²) in [5, 5.41) is 23.3. The van der Waals surface area contributed by atoms with Gasteiger partial charge >= 0.3 is 0 Å². The predicted molar refractivity (Wildman–Crippen MR) is 170 cm³/mol. The van der Waals surface area contributed by atoms with Gasteiger partial charge in [-0.3, -0.25) is 9.20 Å². The molecule has 9 nitrogen and oxygen atoms in total. The van der Waals surface area contributed by atoms with E-state index >= 15 is 0 Å². The van der Waals surface area contributed by atoms with E-state index < -0.39 is 11.6 Å². The van der Waals surface area contributed by atoms with E-state index in [9.17, 15) is 18.7 Å². The van der Waals surface area contributed by atoms with Gasteiger partial charge in [0.25, 0.3) is 5.91 Å². The first kappa shape index (κ1) is 30.7. The predicted octanol–water partition coefficient (Wildman–Crippen LogP) is 5.16. The highest BCUT2D eigenvalue weighted by molar-refractivity contribution is 5.96. The molecule has 0 bridgehead atoms. The molecule has 2 aromatic carbocycles. The second kappa shape index (κ2) is 12.9. The molecular weight excluding hydrogens is 576 g/mol. The van der Waals surface area contributed by atoms with Gasteiger partial charge in [0.1, 0.15) is 0 Å². The number of β-amino-alcohol motifs (C(OH)–C–C–N with tert-alkyl or cyclic N) is 1. The van der Waals surface area contributed by atoms with Crippen molar-refractivity contribution in [2.24, 2.45) is 0 Å². The summed E-state index contributed by atoms with van der Waals surface area (Å²) in [6.07, 6.45) is 9.55. The number of aromatic nitrogens is 3. The van der Waals surface area contributed by atoms with Gasteiger partial charge < -0.3 is 26.4 Å². The third-order valence-corrected chi connectivity index (χ3v) is 8.95. The Bertz CT molecular complexity index is 1740. The number of imidazole rings is 1. The molecular formula is C34H39F2N7O2. The van der Waals surface area contributed by atoms with Gasteiger partial charge in [0.15, 0.2) is 23.1 Å². The van der Waals surface area contributed by atoms with E-state index in [2.05, 4.69) is 37.8 Å². The van der Waals surface area contributed by atoms with Crippen LogP contribution in [0.1, 0.15) is 60.5 Å². The maximum Gasteiger partial charge on any atom is 0.251 e. The quantitative estimate of drug-likeness (QED) is 0.177. The van der Waals surface area contributed by atoms with Crippen molar-refractivity contribution in [2.45, 2.75) is 76.6 Å². The fraction of sp³-hybridized carbons (Fsp3) is 0.382. The van der Waals surface area contributed by atoms with Crippen LogP contribution in [0.2, 0.25) is 0 Å². The number of anilines is 2. The number of carbonyl (C=O) groups excluding carboxylic acids is 1. The van der Waals surface area contributed by atoms with E-state index in [1.165, 1.54) is 13.1 Å². The van der Waals surface area contributed by atoms with Crippen molar-refractivity contribution in [1.29, 1.82) is 0 Å². The summed E-state index contributed by atoms with van der Waals surface area (Å²) in [6, 6.07) is 8.69. The summed E-state index contributed by atoms with van der Waals surface area (Å²) in [7, 11) is 0. The van der Waals surface area contributed by atoms with Crippen molar-refractivity contribution in [2.75, 3.05) is 11.9 Å². The van der Waals surface area contributed by atoms with E-state index in [-0.39, 0.29) is 41.3 Å². The van der Waals surface area contributed by atoms with Crippen LogP contribution in [0.4, 0.5) is 20.3 Å². The Balaban J connectivity index is 1.18. The van der Waals surface area contributed by atoms with Crippen LogP contribution < -0.4 is 21.3 Å². The molecule has 6 rings (SSSR count). The Labute approximate surface area is 261 Å². The summed E-state index contributed by atoms with van der Waals surface area (Å²) in [5.74, 6) is -1.48. The number of fused-ring (bicyclic) bond motifs is 1. The summed E-state index contributed by atoms with van der Waals surface area (Å²) < 4.78 is 30.8. The van der Waals surface area contributed by atoms with Crippen molar-refractivity contribution >= 4 is 23.1 Å². The number of aliphatic hydroxyl groups is 1. The lowest BCUT2D eigenvalue weighted by Crippen LogP contribution is -2.52. The van der Waals surface area contributed by atoms with Gasteiger partial charge in [0.2, 0.25) is 0 Å². The minimum Gasteiger partial charge on any atom is -0.392 e. The highest BCUT2D eigenvalue weighted by atomic mass is 19.2. The average Bonchev–Trinajstić information content (AvgIpc) is 3.68. The number of hydrogen-bond acceptors (Lipinski definition) is 7. The molecule has 5 N–H and O–H groups in total. The van der Waals surface area contributed by atoms with Crippen molar-refractivity contribution in [3.63, 3.8) is 0 Å². The Kier molecular flexibility index (Phi) is 8.82. The first-order chi connectivity index (χ1) is 21.7. The number of aryl methyl sites for hydroxylation is 2. The number of nitrogens with one attached hydrogen (secondary N) is 4. The van der Waals surface area contributed by atoms with Crippen LogP contribution >= 0.6 is 0 Å². The Morgan fingerprint density at radius 1 is 1.11 bits per heavy atom. The van der Waals surface area contributed by atoms with Crippen LogP contribution in [-0.2, 0) is 6.42 Å². The molecule has 1 aliphatic heterocycles. The number of hydrogen-bond donors (Lipinski definition) is 5. The smallest absolute Gasteiger partial charge is 0.251 e. The third-order valence-electron chi connectivity index (χ3n) is 8.95. The highest BCUT2D eigenvalue weighted by Crippen LogP contribution is 2.30. The topological polar surface area (TPSA) is 116 Å². The molecule has 2 aliphatic rings. The minimum absolute atomic E-state index is 0.0192. The van der Waals surface area contributed by atoms with Crippen molar-refractivity contribution in [3.05, 3.63) is 89.5 Å². The number of halogens is 2. The zero-order valence-corrected chi connectivity index (χ0v) is 25.5. The second-order valence-electron chi connectivity index (χ2n) is 12.0. The number of carbonyl (C=O) groups is 1. The Morgan fingerprint density at radius 3 is 2.62 bits per heavy atom. The van der Waals surface area contributed by atoms with E-state index in [0.717, 1.165) is 42.6 Å². The maximum atomic E-state index is 14.8. The van der Waals surface area contributed by atoms with Gasteiger partial charge in [-0.25, -0.2) is 18.7 Å². The minimum atomic E-state index is -0.921. The van der Waals surface area contributed by atoms with E-state index in [0.29, 0.717) is 42.1 Å². The average molecular weight is 616 g/mol.